The lowest BCUT2D eigenvalue weighted by molar-refractivity contribution is -0.137. The Morgan fingerprint density at radius 2 is 1.47 bits per heavy atom. The van der Waals surface area contributed by atoms with Gasteiger partial charge in [0.1, 0.15) is 23.7 Å². The van der Waals surface area contributed by atoms with Gasteiger partial charge < -0.3 is 44.6 Å². The third-order valence-corrected chi connectivity index (χ3v) is 11.8. The molecule has 15 nitrogen and oxygen atoms in total. The Hall–Kier alpha value is -5.44. The first-order chi connectivity index (χ1) is 28.2. The van der Waals surface area contributed by atoms with E-state index in [4.69, 9.17) is 24.2 Å². The SMILES string of the molecule is CCC(C)C(NC(=O)OC)C(=O)N1CC(COC)CC1c1ncc(/C(C)=C/C=C(\C)c2ccc(-c3cnc(C4CCC(C)N4C(=O)C(NC(=O)OC)C(C)C)[nH]3)cc2)[nH]1. The zero-order chi connectivity index (χ0) is 43.0. The average molecular weight is 815 g/mol. The predicted octanol–water partition coefficient (Wildman–Crippen LogP) is 7.05. The molecule has 320 valence electrons. The number of hydrogen-bond acceptors (Lipinski definition) is 9. The van der Waals surface area contributed by atoms with Crippen molar-refractivity contribution < 1.29 is 33.4 Å². The molecule has 4 N–H and O–H groups in total. The van der Waals surface area contributed by atoms with E-state index in [1.807, 2.05) is 57.4 Å². The molecule has 59 heavy (non-hydrogen) atoms. The van der Waals surface area contributed by atoms with Gasteiger partial charge in [-0.15, -0.1) is 0 Å². The third kappa shape index (κ3) is 10.4. The lowest BCUT2D eigenvalue weighted by Gasteiger charge is -2.32. The fraction of sp³-hybridized carbons (Fsp3) is 0.545. The maximum atomic E-state index is 14.0. The molecule has 0 spiro atoms. The maximum absolute atomic E-state index is 14.0. The molecule has 5 rings (SSSR count). The van der Waals surface area contributed by atoms with E-state index in [1.165, 1.54) is 14.2 Å². The number of methoxy groups -OCH3 is 3. The molecular formula is C44H62N8O7. The van der Waals surface area contributed by atoms with Crippen LogP contribution in [-0.4, -0.2) is 106 Å². The molecule has 2 aliphatic heterocycles. The van der Waals surface area contributed by atoms with E-state index in [1.54, 1.807) is 19.5 Å². The minimum atomic E-state index is -0.725. The van der Waals surface area contributed by atoms with Gasteiger partial charge in [0.2, 0.25) is 11.8 Å². The van der Waals surface area contributed by atoms with Crippen molar-refractivity contribution in [2.24, 2.45) is 17.8 Å². The van der Waals surface area contributed by atoms with Gasteiger partial charge in [0, 0.05) is 25.6 Å². The van der Waals surface area contributed by atoms with Gasteiger partial charge in [0.15, 0.2) is 0 Å². The van der Waals surface area contributed by atoms with Crippen LogP contribution in [0.25, 0.3) is 22.4 Å². The number of hydrogen-bond donors (Lipinski definition) is 4. The Labute approximate surface area is 347 Å². The molecular weight excluding hydrogens is 753 g/mol. The largest absolute Gasteiger partial charge is 0.453 e. The van der Waals surface area contributed by atoms with Crippen LogP contribution in [0.15, 0.2) is 48.8 Å². The standard InChI is InChI=1S/C44H62N8O7/c1-11-26(4)38(50-44(56)59-10)41(53)51-23-30(24-57-8)20-36(51)40-45-21-33(47-40)28(6)13-12-27(5)31-15-17-32(18-16-31)34-22-46-39(48-34)35-19-14-29(7)52(35)42(54)37(25(2)3)49-43(55)58-9/h12-13,15-18,21-22,25-26,29-30,35-38H,11,14,19-20,23-24H2,1-10H3,(H,45,47)(H,46,48)(H,49,55)(H,50,56)/b27-12+,28-13+. The molecule has 3 aromatic rings. The molecule has 4 amide bonds. The zero-order valence-corrected chi connectivity index (χ0v) is 36.1. The highest BCUT2D eigenvalue weighted by Gasteiger charge is 2.43. The first-order valence-electron chi connectivity index (χ1n) is 20.6. The number of ether oxygens (including phenoxy) is 3. The van der Waals surface area contributed by atoms with Gasteiger partial charge >= 0.3 is 12.2 Å². The van der Waals surface area contributed by atoms with Gasteiger partial charge in [0.05, 0.1) is 56.7 Å². The molecule has 0 aliphatic carbocycles. The van der Waals surface area contributed by atoms with Crippen LogP contribution in [-0.2, 0) is 23.8 Å². The fourth-order valence-electron chi connectivity index (χ4n) is 8.02. The zero-order valence-electron chi connectivity index (χ0n) is 36.1. The highest BCUT2D eigenvalue weighted by Crippen LogP contribution is 2.38. The van der Waals surface area contributed by atoms with Gasteiger partial charge in [-0.25, -0.2) is 19.6 Å². The number of allylic oxidation sites excluding steroid dienone is 4. The molecule has 4 heterocycles. The predicted molar refractivity (Wildman–Crippen MR) is 226 cm³/mol. The number of nitrogens with zero attached hydrogens (tertiary/aromatic N) is 4. The molecule has 2 aromatic heterocycles. The highest BCUT2D eigenvalue weighted by molar-refractivity contribution is 5.87. The van der Waals surface area contributed by atoms with Gasteiger partial charge in [-0.1, -0.05) is 70.5 Å². The van der Waals surface area contributed by atoms with E-state index in [9.17, 15) is 19.2 Å². The second-order valence-electron chi connectivity index (χ2n) is 16.2. The minimum absolute atomic E-state index is 0.00316. The number of H-pyrrole nitrogens is 2. The van der Waals surface area contributed by atoms with Crippen LogP contribution in [0.1, 0.15) is 109 Å². The molecule has 1 aromatic carbocycles. The van der Waals surface area contributed by atoms with Crippen molar-refractivity contribution in [1.82, 2.24) is 40.4 Å². The van der Waals surface area contributed by atoms with E-state index in [0.717, 1.165) is 46.5 Å². The minimum Gasteiger partial charge on any atom is -0.453 e. The second-order valence-corrected chi connectivity index (χ2v) is 16.2. The second kappa shape index (κ2) is 20.0. The number of aromatic nitrogens is 4. The van der Waals surface area contributed by atoms with Crippen LogP contribution < -0.4 is 10.6 Å². The van der Waals surface area contributed by atoms with Crippen LogP contribution in [0.4, 0.5) is 9.59 Å². The summed E-state index contributed by atoms with van der Waals surface area (Å²) in [6.45, 7) is 14.9. The number of nitrogens with one attached hydrogen (secondary N) is 4. The summed E-state index contributed by atoms with van der Waals surface area (Å²) in [4.78, 5) is 72.0. The van der Waals surface area contributed by atoms with Crippen molar-refractivity contribution in [3.63, 3.8) is 0 Å². The quantitative estimate of drug-likeness (QED) is 0.117. The molecule has 2 aliphatic rings. The van der Waals surface area contributed by atoms with Crippen molar-refractivity contribution in [2.45, 2.75) is 104 Å². The number of rotatable bonds is 15. The van der Waals surface area contributed by atoms with Gasteiger partial charge in [-0.05, 0) is 74.1 Å². The maximum Gasteiger partial charge on any atom is 0.407 e. The number of carbonyl (C=O) groups excluding carboxylic acids is 4. The lowest BCUT2D eigenvalue weighted by Crippen LogP contribution is -2.52. The topological polar surface area (TPSA) is 184 Å². The van der Waals surface area contributed by atoms with Crippen LogP contribution in [0.5, 0.6) is 0 Å². The number of alkyl carbamates (subject to hydrolysis) is 2. The molecule has 15 heteroatoms. The van der Waals surface area contributed by atoms with Crippen molar-refractivity contribution in [3.8, 4) is 11.3 Å². The third-order valence-electron chi connectivity index (χ3n) is 11.8. The number of likely N-dealkylation sites (tertiary alicyclic amines) is 2. The summed E-state index contributed by atoms with van der Waals surface area (Å²) in [6.07, 6.45) is 9.44. The van der Waals surface area contributed by atoms with Crippen molar-refractivity contribution >= 4 is 35.1 Å². The smallest absolute Gasteiger partial charge is 0.407 e. The molecule has 7 atom stereocenters. The molecule has 0 saturated carbocycles. The Balaban J connectivity index is 1.28. The summed E-state index contributed by atoms with van der Waals surface area (Å²) in [6, 6.07) is 6.28. The van der Waals surface area contributed by atoms with Crippen LogP contribution >= 0.6 is 0 Å². The molecule has 2 fully saturated rings. The van der Waals surface area contributed by atoms with Crippen LogP contribution in [0, 0.1) is 17.8 Å². The number of carbonyl (C=O) groups is 4. The molecule has 0 radical (unpaired) electrons. The van der Waals surface area contributed by atoms with E-state index in [0.29, 0.717) is 37.6 Å². The number of aromatic amines is 2. The Bertz CT molecular complexity index is 1990. The molecule has 2 saturated heterocycles. The summed E-state index contributed by atoms with van der Waals surface area (Å²) in [5.41, 5.74) is 5.78. The fourth-order valence-corrected chi connectivity index (χ4v) is 8.02. The normalized spacial score (nSPS) is 21.3. The van der Waals surface area contributed by atoms with Crippen molar-refractivity contribution in [2.75, 3.05) is 34.5 Å². The molecule has 7 unspecified atom stereocenters. The summed E-state index contributed by atoms with van der Waals surface area (Å²) >= 11 is 0. The summed E-state index contributed by atoms with van der Waals surface area (Å²) in [5, 5.41) is 5.47. The van der Waals surface area contributed by atoms with Crippen molar-refractivity contribution in [3.05, 3.63) is 71.7 Å². The highest BCUT2D eigenvalue weighted by atomic mass is 16.5. The first kappa shape index (κ1) is 44.7. The van der Waals surface area contributed by atoms with Gasteiger partial charge in [-0.3, -0.25) is 9.59 Å². The molecule has 0 bridgehead atoms. The van der Waals surface area contributed by atoms with Gasteiger partial charge in [0.25, 0.3) is 0 Å². The average Bonchev–Trinajstić information content (AvgIpc) is 4.07. The summed E-state index contributed by atoms with van der Waals surface area (Å²) in [5.74, 6) is 1.01. The van der Waals surface area contributed by atoms with Gasteiger partial charge in [-0.2, -0.15) is 0 Å². The van der Waals surface area contributed by atoms with Crippen LogP contribution in [0.3, 0.4) is 0 Å². The van der Waals surface area contributed by atoms with Crippen molar-refractivity contribution in [1.29, 1.82) is 0 Å². The number of benzene rings is 1. The first-order valence-corrected chi connectivity index (χ1v) is 20.6. The Kier molecular flexibility index (Phi) is 15.1. The van der Waals surface area contributed by atoms with E-state index in [-0.39, 0.29) is 47.7 Å². The number of amides is 4. The Morgan fingerprint density at radius 1 is 0.847 bits per heavy atom. The van der Waals surface area contributed by atoms with E-state index < -0.39 is 24.3 Å². The van der Waals surface area contributed by atoms with E-state index in [2.05, 4.69) is 57.9 Å². The summed E-state index contributed by atoms with van der Waals surface area (Å²) < 4.78 is 15.1. The Morgan fingerprint density at radius 3 is 2.10 bits per heavy atom. The van der Waals surface area contributed by atoms with Crippen LogP contribution in [0.2, 0.25) is 0 Å². The lowest BCUT2D eigenvalue weighted by atomic mass is 9.97. The van der Waals surface area contributed by atoms with E-state index >= 15 is 0 Å². The number of imidazole rings is 2. The monoisotopic (exact) mass is 814 g/mol. The summed E-state index contributed by atoms with van der Waals surface area (Å²) in [7, 11) is 4.24.